The van der Waals surface area contributed by atoms with Crippen LogP contribution in [0.1, 0.15) is 28.4 Å². The summed E-state index contributed by atoms with van der Waals surface area (Å²) in [5.74, 6) is -0.505. The van der Waals surface area contributed by atoms with Gasteiger partial charge in [0.2, 0.25) is 0 Å². The Hall–Kier alpha value is -2.73. The normalized spacial score (nSPS) is 20.7. The molecule has 3 aromatic rings. The summed E-state index contributed by atoms with van der Waals surface area (Å²) in [6.45, 7) is 0.252. The molecule has 1 amide bonds. The number of aliphatic hydroxyl groups excluding tert-OH is 1. The van der Waals surface area contributed by atoms with Crippen molar-refractivity contribution in [3.05, 3.63) is 65.7 Å². The van der Waals surface area contributed by atoms with Crippen LogP contribution >= 0.6 is 0 Å². The molecule has 1 aliphatic rings. The Kier molecular flexibility index (Phi) is 3.54. The number of likely N-dealkylation sites (tertiary alicyclic amines) is 1. The molecule has 2 aromatic carbocycles. The predicted molar refractivity (Wildman–Crippen MR) is 86.9 cm³/mol. The molecule has 1 aromatic heterocycles. The van der Waals surface area contributed by atoms with Gasteiger partial charge in [-0.15, -0.1) is 0 Å². The van der Waals surface area contributed by atoms with Crippen LogP contribution in [0.3, 0.4) is 0 Å². The average Bonchev–Trinajstić information content (AvgIpc) is 3.21. The fourth-order valence-electron chi connectivity index (χ4n) is 3.33. The number of aromatic amines is 1. The molecule has 2 atom stereocenters. The van der Waals surface area contributed by atoms with E-state index in [1.807, 2.05) is 6.07 Å². The van der Waals surface area contributed by atoms with E-state index in [2.05, 4.69) is 9.97 Å². The molecule has 24 heavy (non-hydrogen) atoms. The topological polar surface area (TPSA) is 69.2 Å². The Labute approximate surface area is 137 Å². The van der Waals surface area contributed by atoms with Crippen molar-refractivity contribution < 1.29 is 14.3 Å². The Morgan fingerprint density at radius 3 is 2.83 bits per heavy atom. The molecule has 0 bridgehead atoms. The summed E-state index contributed by atoms with van der Waals surface area (Å²) in [7, 11) is 0. The molecule has 0 saturated carbocycles. The zero-order chi connectivity index (χ0) is 16.7. The van der Waals surface area contributed by atoms with Crippen molar-refractivity contribution in [2.24, 2.45) is 0 Å². The van der Waals surface area contributed by atoms with Gasteiger partial charge in [0, 0.05) is 6.54 Å². The van der Waals surface area contributed by atoms with E-state index >= 15 is 0 Å². The summed E-state index contributed by atoms with van der Waals surface area (Å²) in [6, 6.07) is 11.2. The number of nitrogens with one attached hydrogen (secondary N) is 1. The minimum Gasteiger partial charge on any atom is -0.391 e. The van der Waals surface area contributed by atoms with E-state index in [1.165, 1.54) is 12.1 Å². The van der Waals surface area contributed by atoms with Gasteiger partial charge in [0.05, 0.1) is 29.6 Å². The van der Waals surface area contributed by atoms with Gasteiger partial charge in [-0.2, -0.15) is 0 Å². The van der Waals surface area contributed by atoms with Crippen LogP contribution in [0.25, 0.3) is 11.0 Å². The number of nitrogens with zero attached hydrogens (tertiary/aromatic N) is 2. The van der Waals surface area contributed by atoms with E-state index in [1.54, 1.807) is 35.5 Å². The van der Waals surface area contributed by atoms with Crippen molar-refractivity contribution in [3.8, 4) is 0 Å². The van der Waals surface area contributed by atoms with Gasteiger partial charge in [0.15, 0.2) is 0 Å². The Balaban J connectivity index is 1.72. The maximum absolute atomic E-state index is 13.2. The summed E-state index contributed by atoms with van der Waals surface area (Å²) in [5.41, 5.74) is 2.71. The van der Waals surface area contributed by atoms with Crippen molar-refractivity contribution in [1.82, 2.24) is 14.9 Å². The van der Waals surface area contributed by atoms with Gasteiger partial charge in [-0.05, 0) is 36.2 Å². The highest BCUT2D eigenvalue weighted by Gasteiger charge is 2.36. The number of fused-ring (bicyclic) bond motifs is 1. The minimum absolute atomic E-state index is 0.182. The lowest BCUT2D eigenvalue weighted by Gasteiger charge is -2.25. The number of aliphatic hydroxyl groups is 1. The number of amides is 1. The molecule has 0 aliphatic carbocycles. The number of hydrogen-bond acceptors (Lipinski definition) is 3. The zero-order valence-electron chi connectivity index (χ0n) is 12.8. The lowest BCUT2D eigenvalue weighted by atomic mass is 10.0. The maximum atomic E-state index is 13.2. The van der Waals surface area contributed by atoms with Crippen LogP contribution < -0.4 is 0 Å². The Morgan fingerprint density at radius 1 is 1.25 bits per heavy atom. The second-order valence-corrected chi connectivity index (χ2v) is 6.02. The number of rotatable bonds is 2. The monoisotopic (exact) mass is 325 g/mol. The second kappa shape index (κ2) is 5.72. The van der Waals surface area contributed by atoms with Crippen LogP contribution in [0.5, 0.6) is 0 Å². The van der Waals surface area contributed by atoms with Crippen LogP contribution in [-0.2, 0) is 0 Å². The smallest absolute Gasteiger partial charge is 0.256 e. The van der Waals surface area contributed by atoms with E-state index in [9.17, 15) is 14.3 Å². The number of benzene rings is 2. The highest BCUT2D eigenvalue weighted by molar-refractivity contribution is 6.05. The molecule has 2 N–H and O–H groups in total. The second-order valence-electron chi connectivity index (χ2n) is 6.02. The molecule has 2 heterocycles. The average molecular weight is 325 g/mol. The first-order valence-electron chi connectivity index (χ1n) is 7.80. The summed E-state index contributed by atoms with van der Waals surface area (Å²) < 4.78 is 13.2. The van der Waals surface area contributed by atoms with Crippen molar-refractivity contribution in [3.63, 3.8) is 0 Å². The van der Waals surface area contributed by atoms with E-state index in [0.29, 0.717) is 17.5 Å². The van der Waals surface area contributed by atoms with E-state index in [-0.39, 0.29) is 24.3 Å². The van der Waals surface area contributed by atoms with Gasteiger partial charge < -0.3 is 15.0 Å². The van der Waals surface area contributed by atoms with Gasteiger partial charge in [-0.3, -0.25) is 4.79 Å². The zero-order valence-corrected chi connectivity index (χ0v) is 12.8. The van der Waals surface area contributed by atoms with Gasteiger partial charge in [0.25, 0.3) is 5.91 Å². The molecular weight excluding hydrogens is 309 g/mol. The number of H-pyrrole nitrogens is 1. The summed E-state index contributed by atoms with van der Waals surface area (Å²) in [6.07, 6.45) is 1.40. The molecule has 1 aliphatic heterocycles. The first-order chi connectivity index (χ1) is 11.6. The van der Waals surface area contributed by atoms with Crippen LogP contribution in [-0.4, -0.2) is 38.5 Å². The third kappa shape index (κ3) is 2.45. The highest BCUT2D eigenvalue weighted by Crippen LogP contribution is 2.34. The van der Waals surface area contributed by atoms with Crippen LogP contribution in [0.15, 0.2) is 48.8 Å². The first-order valence-corrected chi connectivity index (χ1v) is 7.80. The fourth-order valence-corrected chi connectivity index (χ4v) is 3.33. The number of halogens is 1. The number of imidazole rings is 1. The molecule has 1 fully saturated rings. The van der Waals surface area contributed by atoms with Gasteiger partial charge in [-0.25, -0.2) is 9.37 Å². The van der Waals surface area contributed by atoms with Crippen molar-refractivity contribution in [2.75, 3.05) is 6.54 Å². The van der Waals surface area contributed by atoms with Crippen molar-refractivity contribution in [1.29, 1.82) is 0 Å². The molecule has 2 unspecified atom stereocenters. The van der Waals surface area contributed by atoms with Crippen LogP contribution in [0.2, 0.25) is 0 Å². The van der Waals surface area contributed by atoms with Crippen LogP contribution in [0.4, 0.5) is 4.39 Å². The standard InChI is InChI=1S/C18H16FN3O2/c19-12-6-4-11(5-7-12)16-8-13(23)9-22(16)18(24)14-2-1-3-15-17(14)21-10-20-15/h1-7,10,13,16,23H,8-9H2,(H,20,21). The molecule has 122 valence electrons. The SMILES string of the molecule is O=C(c1cccc2[nH]cnc12)N1CC(O)CC1c1ccc(F)cc1. The number of β-amino-alcohol motifs (C(OH)–C–C–N with tert-alkyl or cyclic N) is 1. The number of carbonyl (C=O) groups is 1. The Morgan fingerprint density at radius 2 is 2.04 bits per heavy atom. The quantitative estimate of drug-likeness (QED) is 0.761. The van der Waals surface area contributed by atoms with Crippen molar-refractivity contribution in [2.45, 2.75) is 18.6 Å². The molecule has 4 rings (SSSR count). The molecule has 0 spiro atoms. The molecule has 0 radical (unpaired) electrons. The number of carbonyl (C=O) groups excluding carboxylic acids is 1. The third-order valence-electron chi connectivity index (χ3n) is 4.47. The summed E-state index contributed by atoms with van der Waals surface area (Å²) >= 11 is 0. The van der Waals surface area contributed by atoms with Crippen LogP contribution in [0, 0.1) is 5.82 Å². The van der Waals surface area contributed by atoms with Gasteiger partial charge in [0.1, 0.15) is 11.3 Å². The molecule has 1 saturated heterocycles. The fraction of sp³-hybridized carbons (Fsp3) is 0.222. The highest BCUT2D eigenvalue weighted by atomic mass is 19.1. The number of aromatic nitrogens is 2. The lowest BCUT2D eigenvalue weighted by molar-refractivity contribution is 0.0717. The lowest BCUT2D eigenvalue weighted by Crippen LogP contribution is -2.32. The summed E-state index contributed by atoms with van der Waals surface area (Å²) in [5, 5.41) is 10.1. The molecular formula is C18H16FN3O2. The molecule has 6 heteroatoms. The predicted octanol–water partition coefficient (Wildman–Crippen LogP) is 2.65. The third-order valence-corrected chi connectivity index (χ3v) is 4.47. The van der Waals surface area contributed by atoms with Gasteiger partial charge in [-0.1, -0.05) is 18.2 Å². The number of para-hydroxylation sites is 1. The summed E-state index contributed by atoms with van der Waals surface area (Å²) in [4.78, 5) is 21.9. The van der Waals surface area contributed by atoms with Gasteiger partial charge >= 0.3 is 0 Å². The van der Waals surface area contributed by atoms with E-state index < -0.39 is 6.10 Å². The van der Waals surface area contributed by atoms with E-state index in [0.717, 1.165) is 11.1 Å². The minimum atomic E-state index is -0.595. The number of hydrogen-bond donors (Lipinski definition) is 2. The maximum Gasteiger partial charge on any atom is 0.256 e. The molecule has 5 nitrogen and oxygen atoms in total. The first kappa shape index (κ1) is 14.8. The van der Waals surface area contributed by atoms with E-state index in [4.69, 9.17) is 0 Å². The largest absolute Gasteiger partial charge is 0.391 e. The van der Waals surface area contributed by atoms with Crippen molar-refractivity contribution >= 4 is 16.9 Å². The Bertz CT molecular complexity index is 891.